The maximum atomic E-state index is 11.1. The topological polar surface area (TPSA) is 50.4 Å². The number of ether oxygens (including phenoxy) is 1. The molecule has 0 aliphatic rings. The molecule has 0 heterocycles. The molecule has 0 aliphatic carbocycles. The van der Waals surface area contributed by atoms with Gasteiger partial charge in [-0.15, -0.1) is 6.58 Å². The Morgan fingerprint density at radius 1 is 1.43 bits per heavy atom. The van der Waals surface area contributed by atoms with E-state index in [-0.39, 0.29) is 5.91 Å². The van der Waals surface area contributed by atoms with Gasteiger partial charge < -0.3 is 15.4 Å². The SMILES string of the molecule is C=CCCOCCNC(=O)CCNC. The van der Waals surface area contributed by atoms with Gasteiger partial charge >= 0.3 is 0 Å². The molecule has 0 aliphatic heterocycles. The van der Waals surface area contributed by atoms with Crippen molar-refractivity contribution >= 4 is 5.91 Å². The van der Waals surface area contributed by atoms with E-state index < -0.39 is 0 Å². The summed E-state index contributed by atoms with van der Waals surface area (Å²) in [6, 6.07) is 0. The van der Waals surface area contributed by atoms with Crippen LogP contribution in [0.15, 0.2) is 12.7 Å². The van der Waals surface area contributed by atoms with Gasteiger partial charge in [0.05, 0.1) is 13.2 Å². The molecular formula is C10H20N2O2. The van der Waals surface area contributed by atoms with E-state index in [4.69, 9.17) is 4.74 Å². The first-order chi connectivity index (χ1) is 6.81. The van der Waals surface area contributed by atoms with Crippen molar-refractivity contribution in [1.29, 1.82) is 0 Å². The molecule has 2 N–H and O–H groups in total. The lowest BCUT2D eigenvalue weighted by Crippen LogP contribution is -2.29. The van der Waals surface area contributed by atoms with Gasteiger partial charge in [-0.05, 0) is 13.5 Å². The second kappa shape index (κ2) is 10.2. The van der Waals surface area contributed by atoms with Gasteiger partial charge in [0.25, 0.3) is 0 Å². The fraction of sp³-hybridized carbons (Fsp3) is 0.700. The molecule has 4 heteroatoms. The second-order valence-electron chi connectivity index (χ2n) is 2.89. The third-order valence-electron chi connectivity index (χ3n) is 1.64. The van der Waals surface area contributed by atoms with E-state index >= 15 is 0 Å². The Balaban J connectivity index is 3.10. The normalized spacial score (nSPS) is 9.79. The zero-order chi connectivity index (χ0) is 10.6. The smallest absolute Gasteiger partial charge is 0.221 e. The van der Waals surface area contributed by atoms with E-state index in [0.717, 1.165) is 6.42 Å². The number of carbonyl (C=O) groups excluding carboxylic acids is 1. The van der Waals surface area contributed by atoms with Crippen LogP contribution in [-0.4, -0.2) is 39.3 Å². The Morgan fingerprint density at radius 3 is 2.86 bits per heavy atom. The van der Waals surface area contributed by atoms with Crippen LogP contribution in [0.2, 0.25) is 0 Å². The minimum Gasteiger partial charge on any atom is -0.379 e. The fourth-order valence-electron chi connectivity index (χ4n) is 0.858. The lowest BCUT2D eigenvalue weighted by Gasteiger charge is -2.05. The maximum absolute atomic E-state index is 11.1. The van der Waals surface area contributed by atoms with E-state index in [2.05, 4.69) is 17.2 Å². The van der Waals surface area contributed by atoms with Crippen molar-refractivity contribution < 1.29 is 9.53 Å². The van der Waals surface area contributed by atoms with Gasteiger partial charge in [-0.25, -0.2) is 0 Å². The van der Waals surface area contributed by atoms with E-state index in [1.54, 1.807) is 0 Å². The van der Waals surface area contributed by atoms with Gasteiger partial charge in [-0.2, -0.15) is 0 Å². The highest BCUT2D eigenvalue weighted by Crippen LogP contribution is 1.82. The highest BCUT2D eigenvalue weighted by molar-refractivity contribution is 5.75. The summed E-state index contributed by atoms with van der Waals surface area (Å²) in [7, 11) is 1.83. The van der Waals surface area contributed by atoms with Crippen LogP contribution in [-0.2, 0) is 9.53 Å². The number of rotatable bonds is 9. The molecule has 0 rings (SSSR count). The van der Waals surface area contributed by atoms with Crippen molar-refractivity contribution in [1.82, 2.24) is 10.6 Å². The Bertz CT molecular complexity index is 160. The Labute approximate surface area is 85.7 Å². The van der Waals surface area contributed by atoms with Crippen LogP contribution < -0.4 is 10.6 Å². The van der Waals surface area contributed by atoms with Gasteiger partial charge in [0, 0.05) is 19.5 Å². The average molecular weight is 200 g/mol. The molecule has 82 valence electrons. The molecule has 0 bridgehead atoms. The molecule has 4 nitrogen and oxygen atoms in total. The molecule has 0 unspecified atom stereocenters. The van der Waals surface area contributed by atoms with Gasteiger partial charge in [-0.3, -0.25) is 4.79 Å². The Kier molecular flexibility index (Phi) is 9.58. The summed E-state index contributed by atoms with van der Waals surface area (Å²) in [5.41, 5.74) is 0. The summed E-state index contributed by atoms with van der Waals surface area (Å²) in [6.45, 7) is 6.12. The minimum atomic E-state index is 0.0617. The van der Waals surface area contributed by atoms with Gasteiger partial charge in [0.2, 0.25) is 5.91 Å². The monoisotopic (exact) mass is 200 g/mol. The van der Waals surface area contributed by atoms with E-state index in [9.17, 15) is 4.79 Å². The lowest BCUT2D eigenvalue weighted by atomic mass is 10.4. The average Bonchev–Trinajstić information content (AvgIpc) is 2.20. The molecule has 1 amide bonds. The highest BCUT2D eigenvalue weighted by Gasteiger charge is 1.97. The van der Waals surface area contributed by atoms with Gasteiger partial charge in [0.15, 0.2) is 0 Å². The third kappa shape index (κ3) is 9.22. The van der Waals surface area contributed by atoms with Gasteiger partial charge in [-0.1, -0.05) is 6.08 Å². The molecule has 0 radical (unpaired) electrons. The van der Waals surface area contributed by atoms with Crippen molar-refractivity contribution in [3.8, 4) is 0 Å². The number of carbonyl (C=O) groups is 1. The summed E-state index contributed by atoms with van der Waals surface area (Å²) in [5, 5.41) is 5.68. The minimum absolute atomic E-state index is 0.0617. The number of amides is 1. The molecule has 0 atom stereocenters. The lowest BCUT2D eigenvalue weighted by molar-refractivity contribution is -0.121. The summed E-state index contributed by atoms with van der Waals surface area (Å²) in [4.78, 5) is 11.1. The van der Waals surface area contributed by atoms with Crippen molar-refractivity contribution in [3.63, 3.8) is 0 Å². The first-order valence-electron chi connectivity index (χ1n) is 4.91. The van der Waals surface area contributed by atoms with E-state index in [1.807, 2.05) is 13.1 Å². The van der Waals surface area contributed by atoms with Crippen LogP contribution in [0, 0.1) is 0 Å². The first-order valence-corrected chi connectivity index (χ1v) is 4.91. The van der Waals surface area contributed by atoms with Gasteiger partial charge in [0.1, 0.15) is 0 Å². The quantitative estimate of drug-likeness (QED) is 0.416. The second-order valence-corrected chi connectivity index (χ2v) is 2.89. The summed E-state index contributed by atoms with van der Waals surface area (Å²) in [6.07, 6.45) is 3.18. The van der Waals surface area contributed by atoms with Crippen LogP contribution in [0.4, 0.5) is 0 Å². The van der Waals surface area contributed by atoms with Crippen molar-refractivity contribution in [3.05, 3.63) is 12.7 Å². The van der Waals surface area contributed by atoms with Crippen LogP contribution in [0.25, 0.3) is 0 Å². The summed E-state index contributed by atoms with van der Waals surface area (Å²) in [5.74, 6) is 0.0617. The highest BCUT2D eigenvalue weighted by atomic mass is 16.5. The standard InChI is InChI=1S/C10H20N2O2/c1-3-4-8-14-9-7-12-10(13)5-6-11-2/h3,11H,1,4-9H2,2H3,(H,12,13). The Morgan fingerprint density at radius 2 is 2.21 bits per heavy atom. The van der Waals surface area contributed by atoms with Crippen LogP contribution >= 0.6 is 0 Å². The zero-order valence-electron chi connectivity index (χ0n) is 8.84. The number of nitrogens with one attached hydrogen (secondary N) is 2. The van der Waals surface area contributed by atoms with E-state index in [0.29, 0.717) is 32.7 Å². The van der Waals surface area contributed by atoms with Crippen molar-refractivity contribution in [2.24, 2.45) is 0 Å². The number of hydrogen-bond acceptors (Lipinski definition) is 3. The predicted molar refractivity (Wildman–Crippen MR) is 57.2 cm³/mol. The Hall–Kier alpha value is -0.870. The molecule has 0 fully saturated rings. The third-order valence-corrected chi connectivity index (χ3v) is 1.64. The number of hydrogen-bond donors (Lipinski definition) is 2. The molecule has 0 saturated carbocycles. The zero-order valence-corrected chi connectivity index (χ0v) is 8.84. The van der Waals surface area contributed by atoms with E-state index in [1.165, 1.54) is 0 Å². The van der Waals surface area contributed by atoms with Crippen LogP contribution in [0.1, 0.15) is 12.8 Å². The molecular weight excluding hydrogens is 180 g/mol. The summed E-state index contributed by atoms with van der Waals surface area (Å²) >= 11 is 0. The predicted octanol–water partition coefficient (Wildman–Crippen LogP) is 0.305. The maximum Gasteiger partial charge on any atom is 0.221 e. The molecule has 0 aromatic carbocycles. The van der Waals surface area contributed by atoms with Crippen molar-refractivity contribution in [2.75, 3.05) is 33.4 Å². The molecule has 0 saturated heterocycles. The molecule has 0 spiro atoms. The summed E-state index contributed by atoms with van der Waals surface area (Å²) < 4.78 is 5.23. The fourth-order valence-corrected chi connectivity index (χ4v) is 0.858. The molecule has 0 aromatic rings. The van der Waals surface area contributed by atoms with Crippen molar-refractivity contribution in [2.45, 2.75) is 12.8 Å². The van der Waals surface area contributed by atoms with Crippen LogP contribution in [0.3, 0.4) is 0 Å². The largest absolute Gasteiger partial charge is 0.379 e. The molecule has 14 heavy (non-hydrogen) atoms. The first kappa shape index (κ1) is 13.1. The molecule has 0 aromatic heterocycles. The van der Waals surface area contributed by atoms with Crippen LogP contribution in [0.5, 0.6) is 0 Å².